The van der Waals surface area contributed by atoms with Gasteiger partial charge in [0.25, 0.3) is 41.8 Å². The molecule has 0 rings (SSSR count). The number of hydrazine groups is 1. The topological polar surface area (TPSA) is 400 Å². The molecule has 0 amide bonds. The van der Waals surface area contributed by atoms with Crippen LogP contribution in [0, 0.1) is 0 Å². The molecule has 0 saturated carbocycles. The van der Waals surface area contributed by atoms with Gasteiger partial charge in [-0.2, -0.15) is 0 Å². The molecule has 0 radical (unpaired) electrons. The molecule has 0 saturated heterocycles. The van der Waals surface area contributed by atoms with E-state index in [1.807, 2.05) is 0 Å². The molecule has 0 aromatic carbocycles. The SMILES string of the molecule is CC(=O)O.CC(=O)O.CC(=O)O.CC(=O)O.CC(=O)O.CC(=O)O.CC(=O)O.NN[C@H](CO)[C@@H](O)[C@@H](O)[C@H](O)CO. The zero-order chi connectivity index (χ0) is 35.5. The second kappa shape index (κ2) is 43.1. The lowest BCUT2D eigenvalue weighted by Crippen LogP contribution is -2.54. The Morgan fingerprint density at radius 2 is 0.659 bits per heavy atom. The average molecular weight is 617 g/mol. The van der Waals surface area contributed by atoms with Crippen LogP contribution in [0.5, 0.6) is 0 Å². The summed E-state index contributed by atoms with van der Waals surface area (Å²) in [5.74, 6) is -0.895. The summed E-state index contributed by atoms with van der Waals surface area (Å²) in [4.78, 5) is 63.0. The minimum atomic E-state index is -1.56. The molecule has 0 bridgehead atoms. The number of aliphatic hydroxyl groups excluding tert-OH is 5. The van der Waals surface area contributed by atoms with Crippen LogP contribution >= 0.6 is 0 Å². The number of rotatable bonds is 6. The first-order valence-electron chi connectivity index (χ1n) is 10.3. The van der Waals surface area contributed by atoms with Gasteiger partial charge >= 0.3 is 0 Å². The molecule has 0 aromatic rings. The molecule has 0 heterocycles. The molecule has 21 heteroatoms. The first-order chi connectivity index (χ1) is 18.2. The summed E-state index contributed by atoms with van der Waals surface area (Å²) in [5, 5.41) is 96.3. The van der Waals surface area contributed by atoms with Gasteiger partial charge in [0, 0.05) is 48.5 Å². The number of aliphatic hydroxyl groups is 5. The lowest BCUT2D eigenvalue weighted by molar-refractivity contribution is -0.135. The second-order valence-electron chi connectivity index (χ2n) is 6.32. The lowest BCUT2D eigenvalue weighted by Gasteiger charge is -2.26. The number of carboxylic acid groups (broad SMARTS) is 7. The Bertz CT molecular complexity index is 538. The van der Waals surface area contributed by atoms with Crippen LogP contribution in [0.15, 0.2) is 0 Å². The number of carboxylic acids is 7. The second-order valence-corrected chi connectivity index (χ2v) is 6.32. The molecule has 0 aromatic heterocycles. The standard InChI is InChI=1S/C6H16N2O5.7C2H4O2/c7-8-3(1-9)5(12)6(13)4(11)2-10;7*1-2(3)4/h3-6,8-13H,1-2,7H2;7*1H3,(H,3,4)/t3-,4-,5-,6+;;;;;;;/m1......./s1. The van der Waals surface area contributed by atoms with Gasteiger partial charge < -0.3 is 61.3 Å². The highest BCUT2D eigenvalue weighted by Gasteiger charge is 2.29. The summed E-state index contributed by atoms with van der Waals surface area (Å²) in [7, 11) is 0. The van der Waals surface area contributed by atoms with E-state index in [0.29, 0.717) is 0 Å². The van der Waals surface area contributed by atoms with E-state index in [9.17, 15) is 5.11 Å². The van der Waals surface area contributed by atoms with Crippen molar-refractivity contribution in [3.05, 3.63) is 0 Å². The molecule has 0 spiro atoms. The van der Waals surface area contributed by atoms with E-state index in [1.54, 1.807) is 0 Å². The van der Waals surface area contributed by atoms with Crippen LogP contribution in [0.4, 0.5) is 0 Å². The molecule has 15 N–H and O–H groups in total. The third-order valence-electron chi connectivity index (χ3n) is 1.75. The van der Waals surface area contributed by atoms with Crippen molar-refractivity contribution in [1.82, 2.24) is 5.43 Å². The van der Waals surface area contributed by atoms with Gasteiger partial charge in [0.2, 0.25) is 0 Å². The first kappa shape index (κ1) is 57.0. The maximum Gasteiger partial charge on any atom is 0.300 e. The van der Waals surface area contributed by atoms with Crippen LogP contribution in [0.3, 0.4) is 0 Å². The minimum absolute atomic E-state index is 0.493. The van der Waals surface area contributed by atoms with Gasteiger partial charge in [-0.05, 0) is 0 Å². The van der Waals surface area contributed by atoms with Crippen LogP contribution in [0.2, 0.25) is 0 Å². The van der Waals surface area contributed by atoms with E-state index in [0.717, 1.165) is 48.5 Å². The van der Waals surface area contributed by atoms with Crippen molar-refractivity contribution in [2.24, 2.45) is 5.84 Å². The summed E-state index contributed by atoms with van der Waals surface area (Å²) in [5.41, 5.74) is 2.06. The van der Waals surface area contributed by atoms with Crippen molar-refractivity contribution in [3.8, 4) is 0 Å². The Kier molecular flexibility index (Phi) is 59.9. The van der Waals surface area contributed by atoms with Gasteiger partial charge in [0.15, 0.2) is 0 Å². The molecule has 248 valence electrons. The third kappa shape index (κ3) is 212. The summed E-state index contributed by atoms with van der Waals surface area (Å²) < 4.78 is 0. The predicted octanol–water partition coefficient (Wildman–Crippen LogP) is -3.48. The fourth-order valence-electron chi connectivity index (χ4n) is 0.833. The summed E-state index contributed by atoms with van der Waals surface area (Å²) >= 11 is 0. The van der Waals surface area contributed by atoms with Gasteiger partial charge in [-0.15, -0.1) is 0 Å². The van der Waals surface area contributed by atoms with E-state index >= 15 is 0 Å². The highest BCUT2D eigenvalue weighted by atomic mass is 16.4. The van der Waals surface area contributed by atoms with E-state index in [-0.39, 0.29) is 0 Å². The summed E-state index contributed by atoms with van der Waals surface area (Å²) in [6.07, 6.45) is -4.47. The smallest absolute Gasteiger partial charge is 0.300 e. The molecule has 0 aliphatic rings. The Balaban J connectivity index is -0.0000000548. The quantitative estimate of drug-likeness (QED) is 0.102. The maximum absolute atomic E-state index is 9.26. The third-order valence-corrected chi connectivity index (χ3v) is 1.75. The van der Waals surface area contributed by atoms with Gasteiger partial charge in [0.05, 0.1) is 19.3 Å². The van der Waals surface area contributed by atoms with Crippen molar-refractivity contribution < 1.29 is 94.8 Å². The number of hydrogen-bond donors (Lipinski definition) is 14. The largest absolute Gasteiger partial charge is 0.481 e. The number of nitrogens with one attached hydrogen (secondary N) is 1. The average Bonchev–Trinajstić information content (AvgIpc) is 2.70. The lowest BCUT2D eigenvalue weighted by atomic mass is 10.0. The first-order valence-corrected chi connectivity index (χ1v) is 10.3. The van der Waals surface area contributed by atoms with Crippen LogP contribution in [-0.2, 0) is 33.6 Å². The molecule has 21 nitrogen and oxygen atoms in total. The normalized spacial score (nSPS) is 10.9. The zero-order valence-electron chi connectivity index (χ0n) is 23.5. The molecular weight excluding hydrogens is 572 g/mol. The van der Waals surface area contributed by atoms with Gasteiger partial charge in [0.1, 0.15) is 18.3 Å². The molecule has 0 aliphatic carbocycles. The van der Waals surface area contributed by atoms with E-state index in [2.05, 4.69) is 5.43 Å². The minimum Gasteiger partial charge on any atom is -0.481 e. The fraction of sp³-hybridized carbons (Fsp3) is 0.650. The predicted molar refractivity (Wildman–Crippen MR) is 136 cm³/mol. The van der Waals surface area contributed by atoms with Crippen LogP contribution in [0.25, 0.3) is 0 Å². The number of carbonyl (C=O) groups is 7. The van der Waals surface area contributed by atoms with Crippen molar-refractivity contribution in [1.29, 1.82) is 0 Å². The van der Waals surface area contributed by atoms with E-state index < -0.39 is 79.4 Å². The van der Waals surface area contributed by atoms with Crippen molar-refractivity contribution in [2.75, 3.05) is 13.2 Å². The molecule has 41 heavy (non-hydrogen) atoms. The number of nitrogens with two attached hydrogens (primary N) is 1. The van der Waals surface area contributed by atoms with Crippen LogP contribution in [-0.4, -0.2) is 141 Å². The Morgan fingerprint density at radius 1 is 0.488 bits per heavy atom. The van der Waals surface area contributed by atoms with Crippen molar-refractivity contribution in [2.45, 2.75) is 72.8 Å². The van der Waals surface area contributed by atoms with Gasteiger partial charge in [-0.25, -0.2) is 0 Å². The summed E-state index contributed by atoms with van der Waals surface area (Å²) in [6.45, 7) is 6.41. The van der Waals surface area contributed by atoms with E-state index in [4.69, 9.17) is 95.6 Å². The molecule has 0 aliphatic heterocycles. The van der Waals surface area contributed by atoms with Crippen molar-refractivity contribution >= 4 is 41.8 Å². The van der Waals surface area contributed by atoms with Gasteiger partial charge in [-0.1, -0.05) is 0 Å². The molecule has 4 atom stereocenters. The molecule has 0 unspecified atom stereocenters. The van der Waals surface area contributed by atoms with Crippen LogP contribution in [0.1, 0.15) is 48.5 Å². The Morgan fingerprint density at radius 3 is 0.756 bits per heavy atom. The van der Waals surface area contributed by atoms with E-state index in [1.165, 1.54) is 0 Å². The molecular formula is C20H44N2O19. The summed E-state index contributed by atoms with van der Waals surface area (Å²) in [6, 6.07) is -0.948. The van der Waals surface area contributed by atoms with Crippen molar-refractivity contribution in [3.63, 3.8) is 0 Å². The maximum atomic E-state index is 9.26. The zero-order valence-corrected chi connectivity index (χ0v) is 23.5. The number of hydrogen-bond acceptors (Lipinski definition) is 14. The monoisotopic (exact) mass is 616 g/mol. The molecule has 0 fully saturated rings. The fourth-order valence-corrected chi connectivity index (χ4v) is 0.833. The Labute approximate surface area is 234 Å². The highest BCUT2D eigenvalue weighted by Crippen LogP contribution is 2.03. The van der Waals surface area contributed by atoms with Gasteiger partial charge in [-0.3, -0.25) is 44.8 Å². The number of aliphatic carboxylic acids is 7. The highest BCUT2D eigenvalue weighted by molar-refractivity contribution is 5.64. The Hall–Kier alpha value is -3.99. The van der Waals surface area contributed by atoms with Crippen LogP contribution < -0.4 is 11.3 Å².